The summed E-state index contributed by atoms with van der Waals surface area (Å²) in [5.41, 5.74) is 9.82. The molecule has 90 valence electrons. The van der Waals surface area contributed by atoms with Gasteiger partial charge in [-0.05, 0) is 42.0 Å². The van der Waals surface area contributed by atoms with Crippen LogP contribution < -0.4 is 11.1 Å². The summed E-state index contributed by atoms with van der Waals surface area (Å²) in [6.45, 7) is 4.26. The van der Waals surface area contributed by atoms with Gasteiger partial charge in [0.15, 0.2) is 0 Å². The van der Waals surface area contributed by atoms with Crippen LogP contribution in [0.3, 0.4) is 0 Å². The van der Waals surface area contributed by atoms with Gasteiger partial charge in [-0.3, -0.25) is 4.79 Å². The molecule has 1 spiro atoms. The topological polar surface area (TPSA) is 55.1 Å². The highest BCUT2D eigenvalue weighted by molar-refractivity contribution is 6.08. The number of nitrogen functional groups attached to an aromatic ring is 1. The van der Waals surface area contributed by atoms with Crippen molar-refractivity contribution in [2.45, 2.75) is 44.4 Å². The van der Waals surface area contributed by atoms with Gasteiger partial charge in [-0.15, -0.1) is 0 Å². The molecule has 1 saturated carbocycles. The number of hydrogen-bond donors (Lipinski definition) is 2. The van der Waals surface area contributed by atoms with Gasteiger partial charge in [0.2, 0.25) is 5.91 Å². The molecule has 0 bridgehead atoms. The van der Waals surface area contributed by atoms with Gasteiger partial charge < -0.3 is 11.1 Å². The van der Waals surface area contributed by atoms with Crippen molar-refractivity contribution in [1.82, 2.24) is 0 Å². The number of anilines is 2. The largest absolute Gasteiger partial charge is 0.399 e. The molecule has 0 saturated heterocycles. The van der Waals surface area contributed by atoms with Crippen LogP contribution in [0.1, 0.15) is 50.2 Å². The van der Waals surface area contributed by atoms with Crippen LogP contribution in [-0.4, -0.2) is 5.91 Å². The Bertz CT molecular complexity index is 501. The minimum atomic E-state index is -0.256. The van der Waals surface area contributed by atoms with Gasteiger partial charge in [0.05, 0.1) is 5.41 Å². The summed E-state index contributed by atoms with van der Waals surface area (Å²) in [4.78, 5) is 12.2. The van der Waals surface area contributed by atoms with E-state index in [1.54, 1.807) is 0 Å². The predicted octanol–water partition coefficient (Wildman–Crippen LogP) is 2.77. The third-order valence-electron chi connectivity index (χ3n) is 4.21. The maximum Gasteiger partial charge on any atom is 0.235 e. The van der Waals surface area contributed by atoms with E-state index in [9.17, 15) is 4.79 Å². The lowest BCUT2D eigenvalue weighted by atomic mass is 9.65. The zero-order valence-corrected chi connectivity index (χ0v) is 10.3. The zero-order valence-electron chi connectivity index (χ0n) is 10.3. The second-order valence-corrected chi connectivity index (χ2v) is 5.58. The highest BCUT2D eigenvalue weighted by atomic mass is 16.2. The second-order valence-electron chi connectivity index (χ2n) is 5.58. The standard InChI is InChI=1S/C14H18N2O/c1-8(2)10-6-9(15)7-11-12(10)16-13(17)14(11)4-3-5-14/h6-8H,3-5,15H2,1-2H3,(H,16,17). The first-order chi connectivity index (χ1) is 8.04. The maximum atomic E-state index is 12.2. The Morgan fingerprint density at radius 2 is 2.06 bits per heavy atom. The van der Waals surface area contributed by atoms with Crippen LogP contribution in [0.2, 0.25) is 0 Å². The highest BCUT2D eigenvalue weighted by Crippen LogP contribution is 2.53. The van der Waals surface area contributed by atoms with E-state index in [1.165, 1.54) is 0 Å². The molecular weight excluding hydrogens is 212 g/mol. The van der Waals surface area contributed by atoms with E-state index in [2.05, 4.69) is 19.2 Å². The van der Waals surface area contributed by atoms with E-state index in [4.69, 9.17) is 5.73 Å². The van der Waals surface area contributed by atoms with Crippen LogP contribution in [-0.2, 0) is 10.2 Å². The van der Waals surface area contributed by atoms with Gasteiger partial charge in [-0.1, -0.05) is 20.3 Å². The lowest BCUT2D eigenvalue weighted by molar-refractivity contribution is -0.123. The van der Waals surface area contributed by atoms with E-state index in [-0.39, 0.29) is 11.3 Å². The summed E-state index contributed by atoms with van der Waals surface area (Å²) >= 11 is 0. The van der Waals surface area contributed by atoms with Crippen molar-refractivity contribution in [1.29, 1.82) is 0 Å². The van der Waals surface area contributed by atoms with Gasteiger partial charge in [0, 0.05) is 11.4 Å². The summed E-state index contributed by atoms with van der Waals surface area (Å²) in [6.07, 6.45) is 3.07. The molecule has 2 aliphatic rings. The molecule has 1 heterocycles. The van der Waals surface area contributed by atoms with Gasteiger partial charge >= 0.3 is 0 Å². The van der Waals surface area contributed by atoms with E-state index in [0.29, 0.717) is 5.92 Å². The van der Waals surface area contributed by atoms with Crippen molar-refractivity contribution in [3.63, 3.8) is 0 Å². The fourth-order valence-corrected chi connectivity index (χ4v) is 3.04. The molecule has 1 aromatic rings. The van der Waals surface area contributed by atoms with E-state index < -0.39 is 0 Å². The minimum Gasteiger partial charge on any atom is -0.399 e. The van der Waals surface area contributed by atoms with Crippen LogP contribution >= 0.6 is 0 Å². The average molecular weight is 230 g/mol. The molecule has 0 atom stereocenters. The van der Waals surface area contributed by atoms with Crippen LogP contribution in [0.25, 0.3) is 0 Å². The van der Waals surface area contributed by atoms with Gasteiger partial charge in [-0.2, -0.15) is 0 Å². The number of rotatable bonds is 1. The number of carbonyl (C=O) groups is 1. The third-order valence-corrected chi connectivity index (χ3v) is 4.21. The van der Waals surface area contributed by atoms with Crippen molar-refractivity contribution in [3.8, 4) is 0 Å². The maximum absolute atomic E-state index is 12.2. The first-order valence-corrected chi connectivity index (χ1v) is 6.30. The summed E-state index contributed by atoms with van der Waals surface area (Å²) in [6, 6.07) is 3.97. The Kier molecular flexibility index (Phi) is 2.03. The summed E-state index contributed by atoms with van der Waals surface area (Å²) in [7, 11) is 0. The van der Waals surface area contributed by atoms with Crippen LogP contribution in [0.4, 0.5) is 11.4 Å². The molecule has 3 N–H and O–H groups in total. The number of amides is 1. The van der Waals surface area contributed by atoms with Crippen LogP contribution in [0.5, 0.6) is 0 Å². The van der Waals surface area contributed by atoms with Crippen LogP contribution in [0, 0.1) is 0 Å². The van der Waals surface area contributed by atoms with Gasteiger partial charge in [0.1, 0.15) is 0 Å². The normalized spacial score (nSPS) is 20.3. The van der Waals surface area contributed by atoms with Crippen molar-refractivity contribution in [2.75, 3.05) is 11.1 Å². The molecule has 0 unspecified atom stereocenters. The van der Waals surface area contributed by atoms with Crippen molar-refractivity contribution in [2.24, 2.45) is 0 Å². The Hall–Kier alpha value is -1.51. The van der Waals surface area contributed by atoms with E-state index in [0.717, 1.165) is 41.8 Å². The number of hydrogen-bond acceptors (Lipinski definition) is 2. The molecule has 17 heavy (non-hydrogen) atoms. The predicted molar refractivity (Wildman–Crippen MR) is 69.1 cm³/mol. The summed E-state index contributed by atoms with van der Waals surface area (Å²) < 4.78 is 0. The molecule has 0 radical (unpaired) electrons. The Balaban J connectivity index is 2.22. The average Bonchev–Trinajstić information content (AvgIpc) is 2.48. The molecule has 1 aliphatic carbocycles. The molecular formula is C14H18N2O. The number of nitrogens with one attached hydrogen (secondary N) is 1. The summed E-state index contributed by atoms with van der Waals surface area (Å²) in [5.74, 6) is 0.550. The smallest absolute Gasteiger partial charge is 0.235 e. The minimum absolute atomic E-state index is 0.172. The molecule has 1 fully saturated rings. The number of carbonyl (C=O) groups excluding carboxylic acids is 1. The Morgan fingerprint density at radius 1 is 1.35 bits per heavy atom. The molecule has 1 aliphatic heterocycles. The van der Waals surface area contributed by atoms with Gasteiger partial charge in [-0.25, -0.2) is 0 Å². The Morgan fingerprint density at radius 3 is 2.59 bits per heavy atom. The Labute approximate surface area is 101 Å². The SMILES string of the molecule is CC(C)c1cc(N)cc2c1NC(=O)C21CCC1. The molecule has 0 aromatic heterocycles. The lowest BCUT2D eigenvalue weighted by Crippen LogP contribution is -2.40. The van der Waals surface area contributed by atoms with Crippen LogP contribution in [0.15, 0.2) is 12.1 Å². The lowest BCUT2D eigenvalue weighted by Gasteiger charge is -2.36. The first-order valence-electron chi connectivity index (χ1n) is 6.30. The second kappa shape index (κ2) is 3.25. The third kappa shape index (κ3) is 1.25. The van der Waals surface area contributed by atoms with E-state index >= 15 is 0 Å². The molecule has 3 heteroatoms. The number of fused-ring (bicyclic) bond motifs is 2. The quantitative estimate of drug-likeness (QED) is 0.729. The van der Waals surface area contributed by atoms with Gasteiger partial charge in [0.25, 0.3) is 0 Å². The van der Waals surface area contributed by atoms with Crippen molar-refractivity contribution >= 4 is 17.3 Å². The molecule has 3 nitrogen and oxygen atoms in total. The zero-order chi connectivity index (χ0) is 12.2. The summed E-state index contributed by atoms with van der Waals surface area (Å²) in [5, 5.41) is 3.07. The molecule has 1 amide bonds. The molecule has 3 rings (SSSR count). The molecule has 1 aromatic carbocycles. The fraction of sp³-hybridized carbons (Fsp3) is 0.500. The monoisotopic (exact) mass is 230 g/mol. The van der Waals surface area contributed by atoms with E-state index in [1.807, 2.05) is 12.1 Å². The first kappa shape index (κ1) is 10.6. The highest BCUT2D eigenvalue weighted by Gasteiger charge is 2.51. The number of nitrogens with two attached hydrogens (primary N) is 1. The number of benzene rings is 1. The van der Waals surface area contributed by atoms with Crippen molar-refractivity contribution in [3.05, 3.63) is 23.3 Å². The van der Waals surface area contributed by atoms with Crippen molar-refractivity contribution < 1.29 is 4.79 Å². The fourth-order valence-electron chi connectivity index (χ4n) is 3.04.